The SMILES string of the molecule is CN(C)c1cc(N2C[C@H](O)C[C@@H]2CNCc2cc(C3CC3)n[nH]2)ncn1. The first-order chi connectivity index (χ1) is 12.6. The van der Waals surface area contributed by atoms with E-state index in [1.807, 2.05) is 25.1 Å². The standard InChI is InChI=1S/C18H27N7O/c1-24(2)17-7-18(21-11-20-17)25-10-15(26)6-14(25)9-19-8-13-5-16(23-22-13)12-3-4-12/h5,7,11-12,14-15,19,26H,3-4,6,8-10H2,1-2H3,(H,22,23)/t14-,15-/m1/s1. The number of H-pyrrole nitrogens is 1. The molecule has 0 spiro atoms. The van der Waals surface area contributed by atoms with E-state index in [9.17, 15) is 5.11 Å². The first-order valence-corrected chi connectivity index (χ1v) is 9.29. The second kappa shape index (κ2) is 7.20. The van der Waals surface area contributed by atoms with E-state index in [2.05, 4.69) is 36.4 Å². The van der Waals surface area contributed by atoms with Crippen molar-refractivity contribution in [2.75, 3.05) is 37.0 Å². The molecule has 8 nitrogen and oxygen atoms in total. The number of anilines is 2. The van der Waals surface area contributed by atoms with Crippen molar-refractivity contribution in [2.45, 2.75) is 43.9 Å². The normalized spacial score (nSPS) is 22.8. The van der Waals surface area contributed by atoms with Crippen molar-refractivity contribution in [3.05, 3.63) is 29.8 Å². The second-order valence-corrected chi connectivity index (χ2v) is 7.55. The van der Waals surface area contributed by atoms with Crippen molar-refractivity contribution < 1.29 is 5.11 Å². The van der Waals surface area contributed by atoms with Crippen molar-refractivity contribution in [1.82, 2.24) is 25.5 Å². The molecule has 1 saturated carbocycles. The van der Waals surface area contributed by atoms with Crippen LogP contribution in [0.25, 0.3) is 0 Å². The first-order valence-electron chi connectivity index (χ1n) is 9.29. The number of β-amino-alcohol motifs (C(OH)–C–C–N with tert-alkyl or cyclic N) is 1. The fraction of sp³-hybridized carbons (Fsp3) is 0.611. The number of hydrogen-bond donors (Lipinski definition) is 3. The minimum atomic E-state index is -0.326. The highest BCUT2D eigenvalue weighted by Crippen LogP contribution is 2.39. The Balaban J connectivity index is 1.37. The molecule has 3 N–H and O–H groups in total. The van der Waals surface area contributed by atoms with Crippen molar-refractivity contribution in [3.63, 3.8) is 0 Å². The lowest BCUT2D eigenvalue weighted by molar-refractivity contribution is 0.194. The Morgan fingerprint density at radius 1 is 1.31 bits per heavy atom. The third-order valence-corrected chi connectivity index (χ3v) is 5.12. The fourth-order valence-corrected chi connectivity index (χ4v) is 3.54. The van der Waals surface area contributed by atoms with E-state index in [1.54, 1.807) is 6.33 Å². The van der Waals surface area contributed by atoms with E-state index < -0.39 is 0 Å². The summed E-state index contributed by atoms with van der Waals surface area (Å²) in [5, 5.41) is 21.2. The lowest BCUT2D eigenvalue weighted by atomic mass is 10.2. The van der Waals surface area contributed by atoms with E-state index in [0.29, 0.717) is 12.5 Å². The number of nitrogens with zero attached hydrogens (tertiary/aromatic N) is 5. The minimum absolute atomic E-state index is 0.209. The van der Waals surface area contributed by atoms with Gasteiger partial charge < -0.3 is 20.2 Å². The molecule has 0 aromatic carbocycles. The van der Waals surface area contributed by atoms with Crippen LogP contribution in [0.1, 0.15) is 36.6 Å². The van der Waals surface area contributed by atoms with E-state index in [1.165, 1.54) is 18.5 Å². The second-order valence-electron chi connectivity index (χ2n) is 7.55. The summed E-state index contributed by atoms with van der Waals surface area (Å²) in [5.41, 5.74) is 2.31. The smallest absolute Gasteiger partial charge is 0.134 e. The molecule has 0 unspecified atom stereocenters. The molecule has 0 radical (unpaired) electrons. The quantitative estimate of drug-likeness (QED) is 0.677. The molecular formula is C18H27N7O. The molecule has 2 aromatic heterocycles. The van der Waals surface area contributed by atoms with Gasteiger partial charge in [0.15, 0.2) is 0 Å². The molecular weight excluding hydrogens is 330 g/mol. The molecule has 8 heteroatoms. The Labute approximate surface area is 153 Å². The molecule has 140 valence electrons. The molecule has 3 heterocycles. The largest absolute Gasteiger partial charge is 0.391 e. The van der Waals surface area contributed by atoms with Crippen LogP contribution >= 0.6 is 0 Å². The van der Waals surface area contributed by atoms with Crippen molar-refractivity contribution >= 4 is 11.6 Å². The van der Waals surface area contributed by atoms with Crippen LogP contribution in [-0.2, 0) is 6.54 Å². The summed E-state index contributed by atoms with van der Waals surface area (Å²) in [7, 11) is 3.93. The average molecular weight is 357 g/mol. The van der Waals surface area contributed by atoms with Gasteiger partial charge in [-0.3, -0.25) is 5.10 Å². The maximum Gasteiger partial charge on any atom is 0.134 e. The van der Waals surface area contributed by atoms with Crippen molar-refractivity contribution in [1.29, 1.82) is 0 Å². The molecule has 1 aliphatic heterocycles. The van der Waals surface area contributed by atoms with Crippen LogP contribution in [0.4, 0.5) is 11.6 Å². The van der Waals surface area contributed by atoms with Crippen LogP contribution in [0.15, 0.2) is 18.5 Å². The molecule has 0 amide bonds. The third kappa shape index (κ3) is 3.81. The van der Waals surface area contributed by atoms with Gasteiger partial charge >= 0.3 is 0 Å². The first kappa shape index (κ1) is 17.2. The highest BCUT2D eigenvalue weighted by atomic mass is 16.3. The predicted molar refractivity (Wildman–Crippen MR) is 100 cm³/mol. The van der Waals surface area contributed by atoms with Crippen LogP contribution in [0, 0.1) is 0 Å². The minimum Gasteiger partial charge on any atom is -0.391 e. The molecule has 2 aromatic rings. The van der Waals surface area contributed by atoms with Gasteiger partial charge in [0.05, 0.1) is 11.8 Å². The van der Waals surface area contributed by atoms with Crippen LogP contribution in [0.5, 0.6) is 0 Å². The molecule has 1 saturated heterocycles. The van der Waals surface area contributed by atoms with Crippen molar-refractivity contribution in [2.24, 2.45) is 0 Å². The number of nitrogens with one attached hydrogen (secondary N) is 2. The molecule has 2 aliphatic rings. The Morgan fingerprint density at radius 3 is 2.92 bits per heavy atom. The third-order valence-electron chi connectivity index (χ3n) is 5.12. The Hall–Kier alpha value is -2.19. The van der Waals surface area contributed by atoms with Crippen LogP contribution in [0.2, 0.25) is 0 Å². The molecule has 4 rings (SSSR count). The number of aliphatic hydroxyl groups is 1. The lowest BCUT2D eigenvalue weighted by Gasteiger charge is -2.26. The van der Waals surface area contributed by atoms with Gasteiger partial charge in [-0.05, 0) is 25.3 Å². The monoisotopic (exact) mass is 357 g/mol. The van der Waals surface area contributed by atoms with Gasteiger partial charge in [0.1, 0.15) is 18.0 Å². The number of aromatic amines is 1. The van der Waals surface area contributed by atoms with Crippen LogP contribution in [-0.4, -0.2) is 64.6 Å². The summed E-state index contributed by atoms with van der Waals surface area (Å²) in [6.07, 6.45) is 4.53. The van der Waals surface area contributed by atoms with Gasteiger partial charge in [-0.1, -0.05) is 0 Å². The topological polar surface area (TPSA) is 93.2 Å². The lowest BCUT2D eigenvalue weighted by Crippen LogP contribution is -2.38. The Morgan fingerprint density at radius 2 is 2.15 bits per heavy atom. The summed E-state index contributed by atoms with van der Waals surface area (Å²) >= 11 is 0. The molecule has 1 aliphatic carbocycles. The molecule has 0 bridgehead atoms. The molecule has 2 atom stereocenters. The number of aliphatic hydroxyl groups excluding tert-OH is 1. The van der Waals surface area contributed by atoms with E-state index >= 15 is 0 Å². The highest BCUT2D eigenvalue weighted by molar-refractivity contribution is 5.51. The summed E-state index contributed by atoms with van der Waals surface area (Å²) in [5.74, 6) is 2.40. The zero-order chi connectivity index (χ0) is 18.1. The van der Waals surface area contributed by atoms with Crippen molar-refractivity contribution in [3.8, 4) is 0 Å². The van der Waals surface area contributed by atoms with Gasteiger partial charge in [0, 0.05) is 57.4 Å². The summed E-state index contributed by atoms with van der Waals surface area (Å²) in [6, 6.07) is 4.35. The molecule has 2 fully saturated rings. The Bertz CT molecular complexity index is 743. The summed E-state index contributed by atoms with van der Waals surface area (Å²) in [4.78, 5) is 12.8. The fourth-order valence-electron chi connectivity index (χ4n) is 3.54. The van der Waals surface area contributed by atoms with Gasteiger partial charge in [-0.25, -0.2) is 9.97 Å². The van der Waals surface area contributed by atoms with E-state index in [4.69, 9.17) is 0 Å². The maximum absolute atomic E-state index is 10.2. The number of aromatic nitrogens is 4. The predicted octanol–water partition coefficient (Wildman–Crippen LogP) is 0.872. The van der Waals surface area contributed by atoms with Gasteiger partial charge in [0.2, 0.25) is 0 Å². The maximum atomic E-state index is 10.2. The van der Waals surface area contributed by atoms with E-state index in [-0.39, 0.29) is 12.1 Å². The Kier molecular flexibility index (Phi) is 4.78. The zero-order valence-corrected chi connectivity index (χ0v) is 15.4. The molecule has 26 heavy (non-hydrogen) atoms. The van der Waals surface area contributed by atoms with Crippen LogP contribution < -0.4 is 15.1 Å². The summed E-state index contributed by atoms with van der Waals surface area (Å²) in [6.45, 7) is 2.15. The zero-order valence-electron chi connectivity index (χ0n) is 15.4. The van der Waals surface area contributed by atoms with Gasteiger partial charge in [-0.2, -0.15) is 5.10 Å². The highest BCUT2D eigenvalue weighted by Gasteiger charge is 2.32. The summed E-state index contributed by atoms with van der Waals surface area (Å²) < 4.78 is 0. The van der Waals surface area contributed by atoms with Gasteiger partial charge in [-0.15, -0.1) is 0 Å². The van der Waals surface area contributed by atoms with Gasteiger partial charge in [0.25, 0.3) is 0 Å². The average Bonchev–Trinajstić information content (AvgIpc) is 3.26. The number of hydrogen-bond acceptors (Lipinski definition) is 7. The van der Waals surface area contributed by atoms with E-state index in [0.717, 1.165) is 36.8 Å². The number of rotatable bonds is 7. The van der Waals surface area contributed by atoms with Crippen LogP contribution in [0.3, 0.4) is 0 Å².